The molecule has 0 bridgehead atoms. The molecule has 19 heavy (non-hydrogen) atoms. The summed E-state index contributed by atoms with van der Waals surface area (Å²) in [5, 5.41) is 4.74. The van der Waals surface area contributed by atoms with Gasteiger partial charge in [-0.25, -0.2) is 4.79 Å². The Morgan fingerprint density at radius 1 is 1.21 bits per heavy atom. The van der Waals surface area contributed by atoms with Crippen molar-refractivity contribution in [3.63, 3.8) is 0 Å². The lowest BCUT2D eigenvalue weighted by atomic mass is 9.86. The van der Waals surface area contributed by atoms with Gasteiger partial charge in [-0.15, -0.1) is 0 Å². The van der Waals surface area contributed by atoms with E-state index in [2.05, 4.69) is 10.6 Å². The summed E-state index contributed by atoms with van der Waals surface area (Å²) in [6, 6.07) is -0.593. The number of carbonyl (C=O) groups is 3. The van der Waals surface area contributed by atoms with Crippen LogP contribution in [0.2, 0.25) is 0 Å². The zero-order valence-corrected chi connectivity index (χ0v) is 11.9. The zero-order valence-electron chi connectivity index (χ0n) is 11.9. The Kier molecular flexibility index (Phi) is 4.91. The molecule has 1 atom stereocenters. The Balaban J connectivity index is 2.35. The third kappa shape index (κ3) is 5.28. The molecule has 1 rings (SSSR count). The van der Waals surface area contributed by atoms with E-state index in [0.29, 0.717) is 0 Å². The predicted molar refractivity (Wildman–Crippen MR) is 69.3 cm³/mol. The number of hydrogen-bond donors (Lipinski definition) is 2. The molecule has 2 N–H and O–H groups in total. The Bertz CT molecular complexity index is 369. The summed E-state index contributed by atoms with van der Waals surface area (Å²) in [7, 11) is 0. The highest BCUT2D eigenvalue weighted by molar-refractivity contribution is 5.97. The van der Waals surface area contributed by atoms with Crippen LogP contribution >= 0.6 is 0 Å². The molecule has 1 fully saturated rings. The maximum Gasteiger partial charge on any atom is 0.321 e. The van der Waals surface area contributed by atoms with Gasteiger partial charge in [0.1, 0.15) is 0 Å². The average Bonchev–Trinajstić information content (AvgIpc) is 2.10. The van der Waals surface area contributed by atoms with Gasteiger partial charge in [-0.3, -0.25) is 14.9 Å². The monoisotopic (exact) mass is 270 g/mol. The van der Waals surface area contributed by atoms with Crippen molar-refractivity contribution in [1.29, 1.82) is 0 Å². The summed E-state index contributed by atoms with van der Waals surface area (Å²) >= 11 is 0. The van der Waals surface area contributed by atoms with Crippen LogP contribution in [0.25, 0.3) is 0 Å². The van der Waals surface area contributed by atoms with E-state index in [9.17, 15) is 14.4 Å². The molecule has 0 aromatic heterocycles. The summed E-state index contributed by atoms with van der Waals surface area (Å²) < 4.78 is 5.02. The SMILES string of the molecule is C[C@H](OC(=O)C1CCC1)C(=O)NC(=O)NC(C)(C)C. The lowest BCUT2D eigenvalue weighted by Gasteiger charge is -2.25. The number of carbonyl (C=O) groups excluding carboxylic acids is 3. The van der Waals surface area contributed by atoms with E-state index in [0.717, 1.165) is 19.3 Å². The standard InChI is InChI=1S/C13H22N2O4/c1-8(19-11(17)9-6-5-7-9)10(16)14-12(18)15-13(2,3)4/h8-9H,5-7H2,1-4H3,(H2,14,15,16,18)/t8-/m0/s1. The molecule has 1 aliphatic carbocycles. The van der Waals surface area contributed by atoms with Crippen molar-refractivity contribution in [2.24, 2.45) is 5.92 Å². The minimum Gasteiger partial charge on any atom is -0.452 e. The molecule has 0 aromatic carbocycles. The second-order valence-electron chi connectivity index (χ2n) is 5.90. The third-order valence-electron chi connectivity index (χ3n) is 2.83. The first kappa shape index (κ1) is 15.5. The normalized spacial score (nSPS) is 17.1. The fourth-order valence-corrected chi connectivity index (χ4v) is 1.55. The van der Waals surface area contributed by atoms with Gasteiger partial charge in [0, 0.05) is 5.54 Å². The average molecular weight is 270 g/mol. The first-order chi connectivity index (χ1) is 8.69. The van der Waals surface area contributed by atoms with Crippen LogP contribution < -0.4 is 10.6 Å². The summed E-state index contributed by atoms with van der Waals surface area (Å²) in [5.41, 5.74) is -0.434. The van der Waals surface area contributed by atoms with Crippen LogP contribution in [0, 0.1) is 5.92 Å². The molecule has 0 heterocycles. The Hall–Kier alpha value is -1.59. The number of imide groups is 1. The Morgan fingerprint density at radius 3 is 2.21 bits per heavy atom. The number of urea groups is 1. The van der Waals surface area contributed by atoms with Crippen LogP contribution in [0.1, 0.15) is 47.0 Å². The third-order valence-corrected chi connectivity index (χ3v) is 2.83. The van der Waals surface area contributed by atoms with Crippen LogP contribution in [0.15, 0.2) is 0 Å². The maximum absolute atomic E-state index is 11.7. The molecule has 108 valence electrons. The second kappa shape index (κ2) is 6.04. The van der Waals surface area contributed by atoms with E-state index >= 15 is 0 Å². The van der Waals surface area contributed by atoms with Crippen molar-refractivity contribution in [1.82, 2.24) is 10.6 Å². The smallest absolute Gasteiger partial charge is 0.321 e. The minimum atomic E-state index is -0.959. The summed E-state index contributed by atoms with van der Waals surface area (Å²) in [6.07, 6.45) is 1.70. The number of nitrogens with one attached hydrogen (secondary N) is 2. The zero-order chi connectivity index (χ0) is 14.6. The number of hydrogen-bond acceptors (Lipinski definition) is 4. The van der Waals surface area contributed by atoms with Gasteiger partial charge in [0.05, 0.1) is 5.92 Å². The van der Waals surface area contributed by atoms with Crippen LogP contribution in [-0.2, 0) is 14.3 Å². The molecule has 6 heteroatoms. The van der Waals surface area contributed by atoms with Gasteiger partial charge in [0.25, 0.3) is 5.91 Å². The molecular weight excluding hydrogens is 248 g/mol. The summed E-state index contributed by atoms with van der Waals surface area (Å²) in [5.74, 6) is -1.06. The van der Waals surface area contributed by atoms with Gasteiger partial charge in [0.2, 0.25) is 0 Å². The van der Waals surface area contributed by atoms with E-state index < -0.39 is 23.6 Å². The van der Waals surface area contributed by atoms with Gasteiger partial charge < -0.3 is 10.1 Å². The molecule has 3 amide bonds. The van der Waals surface area contributed by atoms with E-state index in [1.165, 1.54) is 6.92 Å². The summed E-state index contributed by atoms with van der Waals surface area (Å²) in [6.45, 7) is 6.86. The highest BCUT2D eigenvalue weighted by Gasteiger charge is 2.30. The molecule has 0 aliphatic heterocycles. The van der Waals surface area contributed by atoms with Crippen molar-refractivity contribution >= 4 is 17.9 Å². The number of ether oxygens (including phenoxy) is 1. The van der Waals surface area contributed by atoms with Gasteiger partial charge in [0.15, 0.2) is 6.10 Å². The summed E-state index contributed by atoms with van der Waals surface area (Å²) in [4.78, 5) is 34.7. The highest BCUT2D eigenvalue weighted by Crippen LogP contribution is 2.27. The quantitative estimate of drug-likeness (QED) is 0.758. The van der Waals surface area contributed by atoms with Crippen molar-refractivity contribution in [3.05, 3.63) is 0 Å². The first-order valence-corrected chi connectivity index (χ1v) is 6.52. The Labute approximate surface area is 113 Å². The molecule has 0 aromatic rings. The lowest BCUT2D eigenvalue weighted by molar-refractivity contribution is -0.160. The fraction of sp³-hybridized carbons (Fsp3) is 0.769. The molecule has 6 nitrogen and oxygen atoms in total. The van der Waals surface area contributed by atoms with Crippen LogP contribution in [0.4, 0.5) is 4.79 Å². The molecule has 0 unspecified atom stereocenters. The fourth-order valence-electron chi connectivity index (χ4n) is 1.55. The first-order valence-electron chi connectivity index (χ1n) is 6.52. The second-order valence-corrected chi connectivity index (χ2v) is 5.90. The number of rotatable bonds is 3. The molecule has 0 saturated heterocycles. The Morgan fingerprint density at radius 2 is 1.79 bits per heavy atom. The number of amides is 3. The van der Waals surface area contributed by atoms with Gasteiger partial charge in [-0.1, -0.05) is 6.42 Å². The van der Waals surface area contributed by atoms with E-state index in [-0.39, 0.29) is 11.9 Å². The molecule has 0 radical (unpaired) electrons. The predicted octanol–water partition coefficient (Wildman–Crippen LogP) is 1.34. The van der Waals surface area contributed by atoms with Gasteiger partial charge >= 0.3 is 12.0 Å². The van der Waals surface area contributed by atoms with Crippen molar-refractivity contribution in [2.45, 2.75) is 58.6 Å². The molecular formula is C13H22N2O4. The van der Waals surface area contributed by atoms with Crippen molar-refractivity contribution in [3.8, 4) is 0 Å². The van der Waals surface area contributed by atoms with E-state index in [1.807, 2.05) is 0 Å². The van der Waals surface area contributed by atoms with Crippen LogP contribution in [0.3, 0.4) is 0 Å². The van der Waals surface area contributed by atoms with Crippen molar-refractivity contribution < 1.29 is 19.1 Å². The molecule has 1 saturated carbocycles. The molecule has 0 spiro atoms. The van der Waals surface area contributed by atoms with E-state index in [4.69, 9.17) is 4.74 Å². The highest BCUT2D eigenvalue weighted by atomic mass is 16.5. The topological polar surface area (TPSA) is 84.5 Å². The molecule has 1 aliphatic rings. The van der Waals surface area contributed by atoms with Crippen LogP contribution in [-0.4, -0.2) is 29.6 Å². The van der Waals surface area contributed by atoms with Crippen molar-refractivity contribution in [2.75, 3.05) is 0 Å². The largest absolute Gasteiger partial charge is 0.452 e. The van der Waals surface area contributed by atoms with Gasteiger partial charge in [-0.2, -0.15) is 0 Å². The van der Waals surface area contributed by atoms with E-state index in [1.54, 1.807) is 20.8 Å². The number of esters is 1. The minimum absolute atomic E-state index is 0.0846. The van der Waals surface area contributed by atoms with Gasteiger partial charge in [-0.05, 0) is 40.5 Å². The maximum atomic E-state index is 11.7. The van der Waals surface area contributed by atoms with Crippen LogP contribution in [0.5, 0.6) is 0 Å². The lowest BCUT2D eigenvalue weighted by Crippen LogP contribution is -2.50.